The largest absolute Gasteiger partial charge is 0.492 e. The Bertz CT molecular complexity index is 439. The Hall–Kier alpha value is -1.82. The number of hydrogen-bond donors (Lipinski definition) is 2. The first kappa shape index (κ1) is 12.6. The smallest absolute Gasteiger partial charge is 0.317 e. The molecule has 6 heteroatoms. The fourth-order valence-corrected chi connectivity index (χ4v) is 1.79. The molecule has 1 heterocycles. The van der Waals surface area contributed by atoms with Gasteiger partial charge in [-0.2, -0.15) is 0 Å². The Morgan fingerprint density at radius 3 is 2.94 bits per heavy atom. The molecular weight excluding hydrogens is 239 g/mol. The van der Waals surface area contributed by atoms with Crippen molar-refractivity contribution in [1.29, 1.82) is 0 Å². The van der Waals surface area contributed by atoms with Crippen LogP contribution in [0, 0.1) is 5.82 Å². The Labute approximate surface area is 104 Å². The van der Waals surface area contributed by atoms with Crippen LogP contribution in [0.4, 0.5) is 9.18 Å². The molecule has 2 N–H and O–H groups in total. The maximum atomic E-state index is 13.1. The van der Waals surface area contributed by atoms with Crippen LogP contribution in [0.1, 0.15) is 5.56 Å². The lowest BCUT2D eigenvalue weighted by atomic mass is 10.2. The van der Waals surface area contributed by atoms with Gasteiger partial charge >= 0.3 is 6.03 Å². The summed E-state index contributed by atoms with van der Waals surface area (Å²) in [6.07, 6.45) is 0. The molecule has 0 aromatic heterocycles. The summed E-state index contributed by atoms with van der Waals surface area (Å²) in [7, 11) is 0. The van der Waals surface area contributed by atoms with Crippen LogP contribution in [0.25, 0.3) is 0 Å². The molecule has 0 radical (unpaired) electrons. The molecule has 1 fully saturated rings. The highest BCUT2D eigenvalue weighted by Gasteiger charge is 2.18. The van der Waals surface area contributed by atoms with Crippen molar-refractivity contribution in [3.63, 3.8) is 0 Å². The molecule has 0 aliphatic carbocycles. The van der Waals surface area contributed by atoms with E-state index in [2.05, 4.69) is 5.32 Å². The summed E-state index contributed by atoms with van der Waals surface area (Å²) in [6.45, 7) is 1.82. The predicted octanol–water partition coefficient (Wildman–Crippen LogP) is 0.722. The average molecular weight is 254 g/mol. The van der Waals surface area contributed by atoms with Crippen molar-refractivity contribution in [1.82, 2.24) is 10.2 Å². The number of halogens is 1. The minimum absolute atomic E-state index is 0.103. The van der Waals surface area contributed by atoms with Crippen molar-refractivity contribution < 1.29 is 19.0 Å². The van der Waals surface area contributed by atoms with E-state index < -0.39 is 5.82 Å². The van der Waals surface area contributed by atoms with Crippen molar-refractivity contribution >= 4 is 6.03 Å². The van der Waals surface area contributed by atoms with Crippen molar-refractivity contribution in [2.75, 3.05) is 26.2 Å². The molecule has 0 saturated carbocycles. The number of nitrogens with one attached hydrogen (secondary N) is 1. The molecule has 18 heavy (non-hydrogen) atoms. The standard InChI is InChI=1S/C12H15FN2O3/c13-10-5-9(8-16)6-11(7-10)18-4-3-15-2-1-14-12(15)17/h5-7,16H,1-4,8H2,(H,14,17). The topological polar surface area (TPSA) is 61.8 Å². The Morgan fingerprint density at radius 2 is 2.28 bits per heavy atom. The van der Waals surface area contributed by atoms with Crippen LogP contribution in [0.15, 0.2) is 18.2 Å². The molecule has 98 valence electrons. The molecule has 2 amide bonds. The van der Waals surface area contributed by atoms with Crippen molar-refractivity contribution in [3.05, 3.63) is 29.6 Å². The van der Waals surface area contributed by atoms with Gasteiger partial charge in [0.25, 0.3) is 0 Å². The molecule has 0 bridgehead atoms. The van der Waals surface area contributed by atoms with E-state index in [0.717, 1.165) is 0 Å². The molecule has 0 spiro atoms. The quantitative estimate of drug-likeness (QED) is 0.814. The molecule has 1 aromatic carbocycles. The van der Waals surface area contributed by atoms with Gasteiger partial charge in [0.1, 0.15) is 18.2 Å². The molecule has 0 unspecified atom stereocenters. The molecule has 5 nitrogen and oxygen atoms in total. The lowest BCUT2D eigenvalue weighted by Crippen LogP contribution is -2.31. The number of ether oxygens (including phenoxy) is 1. The van der Waals surface area contributed by atoms with Gasteiger partial charge in [-0.25, -0.2) is 9.18 Å². The number of carbonyl (C=O) groups excluding carboxylic acids is 1. The minimum atomic E-state index is -0.449. The van der Waals surface area contributed by atoms with Gasteiger partial charge in [0.15, 0.2) is 0 Å². The lowest BCUT2D eigenvalue weighted by molar-refractivity contribution is 0.202. The van der Waals surface area contributed by atoms with Crippen LogP contribution < -0.4 is 10.1 Å². The van der Waals surface area contributed by atoms with E-state index in [1.54, 1.807) is 11.0 Å². The second-order valence-corrected chi connectivity index (χ2v) is 4.02. The second kappa shape index (κ2) is 5.68. The third-order valence-electron chi connectivity index (χ3n) is 2.69. The summed E-state index contributed by atoms with van der Waals surface area (Å²) in [5.74, 6) is -0.0888. The van der Waals surface area contributed by atoms with Crippen LogP contribution in [0.3, 0.4) is 0 Å². The first-order valence-electron chi connectivity index (χ1n) is 5.75. The molecule has 1 aliphatic heterocycles. The highest BCUT2D eigenvalue weighted by Crippen LogP contribution is 2.16. The summed E-state index contributed by atoms with van der Waals surface area (Å²) >= 11 is 0. The monoisotopic (exact) mass is 254 g/mol. The number of carbonyl (C=O) groups is 1. The van der Waals surface area contributed by atoms with Gasteiger partial charge < -0.3 is 20.1 Å². The van der Waals surface area contributed by atoms with Gasteiger partial charge in [-0.3, -0.25) is 0 Å². The number of benzene rings is 1. The van der Waals surface area contributed by atoms with Crippen LogP contribution >= 0.6 is 0 Å². The number of hydrogen-bond acceptors (Lipinski definition) is 3. The highest BCUT2D eigenvalue weighted by molar-refractivity contribution is 5.76. The van der Waals surface area contributed by atoms with E-state index in [1.165, 1.54) is 12.1 Å². The van der Waals surface area contributed by atoms with Gasteiger partial charge in [-0.15, -0.1) is 0 Å². The molecule has 1 aliphatic rings. The second-order valence-electron chi connectivity index (χ2n) is 4.02. The van der Waals surface area contributed by atoms with Crippen LogP contribution in [-0.4, -0.2) is 42.3 Å². The Kier molecular flexibility index (Phi) is 3.99. The van der Waals surface area contributed by atoms with Crippen LogP contribution in [-0.2, 0) is 6.61 Å². The van der Waals surface area contributed by atoms with Gasteiger partial charge in [-0.1, -0.05) is 0 Å². The van der Waals surface area contributed by atoms with E-state index in [9.17, 15) is 9.18 Å². The first-order chi connectivity index (χ1) is 8.69. The Morgan fingerprint density at radius 1 is 1.44 bits per heavy atom. The van der Waals surface area contributed by atoms with Crippen molar-refractivity contribution in [3.8, 4) is 5.75 Å². The molecule has 2 rings (SSSR count). The Balaban J connectivity index is 1.86. The average Bonchev–Trinajstić information content (AvgIpc) is 2.74. The maximum absolute atomic E-state index is 13.1. The first-order valence-corrected chi connectivity index (χ1v) is 5.75. The fraction of sp³-hybridized carbons (Fsp3) is 0.417. The van der Waals surface area contributed by atoms with E-state index in [-0.39, 0.29) is 12.6 Å². The van der Waals surface area contributed by atoms with Crippen molar-refractivity contribution in [2.45, 2.75) is 6.61 Å². The van der Waals surface area contributed by atoms with Gasteiger partial charge in [0.05, 0.1) is 13.2 Å². The fourth-order valence-electron chi connectivity index (χ4n) is 1.79. The summed E-state index contributed by atoms with van der Waals surface area (Å²) in [6, 6.07) is 3.98. The number of aliphatic hydroxyl groups is 1. The lowest BCUT2D eigenvalue weighted by Gasteiger charge is -2.14. The number of rotatable bonds is 5. The van der Waals surface area contributed by atoms with Gasteiger partial charge in [-0.05, 0) is 17.7 Å². The van der Waals surface area contributed by atoms with Crippen molar-refractivity contribution in [2.24, 2.45) is 0 Å². The van der Waals surface area contributed by atoms with E-state index >= 15 is 0 Å². The van der Waals surface area contributed by atoms with Gasteiger partial charge in [0, 0.05) is 19.2 Å². The number of amides is 2. The summed E-state index contributed by atoms with van der Waals surface area (Å²) in [4.78, 5) is 12.9. The van der Waals surface area contributed by atoms with E-state index in [1.807, 2.05) is 0 Å². The molecule has 1 aromatic rings. The zero-order valence-electron chi connectivity index (χ0n) is 9.86. The number of nitrogens with zero attached hydrogens (tertiary/aromatic N) is 1. The van der Waals surface area contributed by atoms with E-state index in [4.69, 9.17) is 9.84 Å². The summed E-state index contributed by atoms with van der Waals surface area (Å²) in [5.41, 5.74) is 0.462. The van der Waals surface area contributed by atoms with E-state index in [0.29, 0.717) is 37.6 Å². The van der Waals surface area contributed by atoms with Crippen LogP contribution in [0.5, 0.6) is 5.75 Å². The molecular formula is C12H15FN2O3. The summed E-state index contributed by atoms with van der Waals surface area (Å²) < 4.78 is 18.5. The summed E-state index contributed by atoms with van der Waals surface area (Å²) in [5, 5.41) is 11.6. The third kappa shape index (κ3) is 3.10. The predicted molar refractivity (Wildman–Crippen MR) is 62.8 cm³/mol. The molecule has 0 atom stereocenters. The SMILES string of the molecule is O=C1NCCN1CCOc1cc(F)cc(CO)c1. The minimum Gasteiger partial charge on any atom is -0.492 e. The zero-order valence-corrected chi connectivity index (χ0v) is 9.86. The van der Waals surface area contributed by atoms with Crippen LogP contribution in [0.2, 0.25) is 0 Å². The maximum Gasteiger partial charge on any atom is 0.317 e. The third-order valence-corrected chi connectivity index (χ3v) is 2.69. The number of urea groups is 1. The highest BCUT2D eigenvalue weighted by atomic mass is 19.1. The normalized spacial score (nSPS) is 14.8. The number of aliphatic hydroxyl groups excluding tert-OH is 1. The molecule has 1 saturated heterocycles. The van der Waals surface area contributed by atoms with Gasteiger partial charge in [0.2, 0.25) is 0 Å². The zero-order chi connectivity index (χ0) is 13.0.